The fourth-order valence-electron chi connectivity index (χ4n) is 1.68. The van der Waals surface area contributed by atoms with Crippen LogP contribution in [0.15, 0.2) is 47.4 Å². The first kappa shape index (κ1) is 14.8. The summed E-state index contributed by atoms with van der Waals surface area (Å²) in [6.45, 7) is 1.99. The second-order valence-corrected chi connectivity index (χ2v) is 6.32. The molecule has 0 bridgehead atoms. The van der Waals surface area contributed by atoms with E-state index in [1.54, 1.807) is 12.1 Å². The zero-order valence-electron chi connectivity index (χ0n) is 10.7. The van der Waals surface area contributed by atoms with E-state index in [1.807, 2.05) is 6.92 Å². The Labute approximate surface area is 122 Å². The molecule has 2 aromatic rings. The predicted molar refractivity (Wildman–Crippen MR) is 78.0 cm³/mol. The summed E-state index contributed by atoms with van der Waals surface area (Å²) in [6.07, 6.45) is 0.835. The van der Waals surface area contributed by atoms with Crippen LogP contribution in [-0.4, -0.2) is 8.42 Å². The van der Waals surface area contributed by atoms with Gasteiger partial charge in [-0.1, -0.05) is 30.7 Å². The van der Waals surface area contributed by atoms with Crippen LogP contribution in [0.5, 0.6) is 0 Å². The third-order valence-electron chi connectivity index (χ3n) is 2.81. The van der Waals surface area contributed by atoms with Gasteiger partial charge in [-0.05, 0) is 42.3 Å². The van der Waals surface area contributed by atoms with Gasteiger partial charge in [0.2, 0.25) is 0 Å². The van der Waals surface area contributed by atoms with Crippen LogP contribution in [0.4, 0.5) is 10.1 Å². The monoisotopic (exact) mass is 313 g/mol. The number of rotatable bonds is 4. The highest BCUT2D eigenvalue weighted by Gasteiger charge is 2.14. The fraction of sp³-hybridized carbons (Fsp3) is 0.143. The zero-order chi connectivity index (χ0) is 14.8. The third-order valence-corrected chi connectivity index (χ3v) is 4.50. The Hall–Kier alpha value is -1.59. The maximum atomic E-state index is 13.0. The van der Waals surface area contributed by atoms with Gasteiger partial charge in [-0.3, -0.25) is 4.72 Å². The topological polar surface area (TPSA) is 46.2 Å². The number of halogens is 2. The molecule has 0 spiro atoms. The van der Waals surface area contributed by atoms with E-state index >= 15 is 0 Å². The van der Waals surface area contributed by atoms with Crippen LogP contribution in [0, 0.1) is 5.82 Å². The van der Waals surface area contributed by atoms with Crippen molar-refractivity contribution in [2.45, 2.75) is 18.2 Å². The summed E-state index contributed by atoms with van der Waals surface area (Å²) in [6, 6.07) is 10.2. The molecule has 0 atom stereocenters. The van der Waals surface area contributed by atoms with E-state index in [2.05, 4.69) is 4.72 Å². The van der Waals surface area contributed by atoms with Crippen LogP contribution < -0.4 is 4.72 Å². The van der Waals surface area contributed by atoms with Crippen molar-refractivity contribution in [3.8, 4) is 0 Å². The van der Waals surface area contributed by atoms with E-state index in [0.29, 0.717) is 0 Å². The van der Waals surface area contributed by atoms with Gasteiger partial charge in [0.05, 0.1) is 15.6 Å². The Bertz CT molecular complexity index is 714. The highest BCUT2D eigenvalue weighted by Crippen LogP contribution is 2.22. The highest BCUT2D eigenvalue weighted by atomic mass is 35.5. The summed E-state index contributed by atoms with van der Waals surface area (Å²) < 4.78 is 39.7. The average molecular weight is 314 g/mol. The molecule has 106 valence electrons. The molecule has 3 nitrogen and oxygen atoms in total. The molecule has 2 aromatic carbocycles. The molecule has 0 aromatic heterocycles. The van der Waals surface area contributed by atoms with Crippen molar-refractivity contribution in [3.05, 3.63) is 58.9 Å². The molecule has 0 unspecified atom stereocenters. The number of sulfonamides is 1. The summed E-state index contributed by atoms with van der Waals surface area (Å²) in [7, 11) is -3.70. The Balaban J connectivity index is 2.27. The van der Waals surface area contributed by atoms with Crippen molar-refractivity contribution in [2.75, 3.05) is 4.72 Å². The van der Waals surface area contributed by atoms with Gasteiger partial charge in [-0.15, -0.1) is 0 Å². The van der Waals surface area contributed by atoms with E-state index < -0.39 is 15.8 Å². The van der Waals surface area contributed by atoms with E-state index in [9.17, 15) is 12.8 Å². The lowest BCUT2D eigenvalue weighted by atomic mass is 10.2. The number of benzene rings is 2. The third kappa shape index (κ3) is 3.29. The largest absolute Gasteiger partial charge is 0.280 e. The first-order valence-electron chi connectivity index (χ1n) is 5.99. The van der Waals surface area contributed by atoms with E-state index in [-0.39, 0.29) is 15.6 Å². The van der Waals surface area contributed by atoms with Crippen LogP contribution in [0.25, 0.3) is 0 Å². The van der Waals surface area contributed by atoms with Gasteiger partial charge >= 0.3 is 0 Å². The molecule has 0 aliphatic carbocycles. The number of hydrogen-bond acceptors (Lipinski definition) is 2. The van der Waals surface area contributed by atoms with Crippen molar-refractivity contribution in [1.29, 1.82) is 0 Å². The first-order valence-corrected chi connectivity index (χ1v) is 7.85. The second kappa shape index (κ2) is 5.81. The predicted octanol–water partition coefficient (Wildman–Crippen LogP) is 3.84. The quantitative estimate of drug-likeness (QED) is 0.932. The average Bonchev–Trinajstić information content (AvgIpc) is 2.43. The first-order chi connectivity index (χ1) is 9.42. The van der Waals surface area contributed by atoms with Crippen LogP contribution in [0.3, 0.4) is 0 Å². The molecular formula is C14H13ClFNO2S. The van der Waals surface area contributed by atoms with Gasteiger partial charge in [0.25, 0.3) is 10.0 Å². The zero-order valence-corrected chi connectivity index (χ0v) is 12.3. The van der Waals surface area contributed by atoms with E-state index in [0.717, 1.165) is 18.1 Å². The molecule has 0 fully saturated rings. The fourth-order valence-corrected chi connectivity index (χ4v) is 2.91. The SMILES string of the molecule is CCc1ccc(S(=O)(=O)Nc2ccc(F)c(Cl)c2)cc1. The van der Waals surface area contributed by atoms with Gasteiger partial charge in [-0.2, -0.15) is 0 Å². The lowest BCUT2D eigenvalue weighted by Crippen LogP contribution is -2.13. The second-order valence-electron chi connectivity index (χ2n) is 4.23. The van der Waals surface area contributed by atoms with E-state index in [4.69, 9.17) is 11.6 Å². The molecule has 1 N–H and O–H groups in total. The van der Waals surface area contributed by atoms with Crippen molar-refractivity contribution >= 4 is 27.3 Å². The van der Waals surface area contributed by atoms with Crippen molar-refractivity contribution < 1.29 is 12.8 Å². The Morgan fingerprint density at radius 1 is 1.15 bits per heavy atom. The number of hydrogen-bond donors (Lipinski definition) is 1. The molecule has 0 aliphatic heterocycles. The molecule has 0 amide bonds. The maximum Gasteiger partial charge on any atom is 0.261 e. The summed E-state index contributed by atoms with van der Waals surface area (Å²) >= 11 is 5.62. The summed E-state index contributed by atoms with van der Waals surface area (Å²) in [5.41, 5.74) is 1.27. The van der Waals surface area contributed by atoms with Gasteiger partial charge in [0.1, 0.15) is 5.82 Å². The molecule has 0 saturated heterocycles. The molecule has 0 radical (unpaired) electrons. The minimum atomic E-state index is -3.70. The number of anilines is 1. The van der Waals surface area contributed by atoms with Gasteiger partial charge < -0.3 is 0 Å². The van der Waals surface area contributed by atoms with Crippen LogP contribution >= 0.6 is 11.6 Å². The van der Waals surface area contributed by atoms with Crippen LogP contribution in [-0.2, 0) is 16.4 Å². The minimum absolute atomic E-state index is 0.133. The van der Waals surface area contributed by atoms with Crippen LogP contribution in [0.2, 0.25) is 5.02 Å². The van der Waals surface area contributed by atoms with Crippen molar-refractivity contribution in [1.82, 2.24) is 0 Å². The summed E-state index contributed by atoms with van der Waals surface area (Å²) in [5.74, 6) is -0.595. The van der Waals surface area contributed by atoms with E-state index in [1.165, 1.54) is 24.3 Å². The Kier molecular flexibility index (Phi) is 4.30. The molecule has 20 heavy (non-hydrogen) atoms. The Morgan fingerprint density at radius 2 is 1.80 bits per heavy atom. The van der Waals surface area contributed by atoms with Crippen molar-refractivity contribution in [2.24, 2.45) is 0 Å². The van der Waals surface area contributed by atoms with Gasteiger partial charge in [0.15, 0.2) is 0 Å². The number of aryl methyl sites for hydroxylation is 1. The van der Waals surface area contributed by atoms with Crippen LogP contribution in [0.1, 0.15) is 12.5 Å². The smallest absolute Gasteiger partial charge is 0.261 e. The highest BCUT2D eigenvalue weighted by molar-refractivity contribution is 7.92. The lowest BCUT2D eigenvalue weighted by Gasteiger charge is -2.09. The molecule has 2 rings (SSSR count). The molecule has 0 saturated carbocycles. The standard InChI is InChI=1S/C14H13ClFNO2S/c1-2-10-3-6-12(7-4-10)20(18,19)17-11-5-8-14(16)13(15)9-11/h3-9,17H,2H2,1H3. The normalized spacial score (nSPS) is 11.3. The lowest BCUT2D eigenvalue weighted by molar-refractivity contribution is 0.601. The van der Waals surface area contributed by atoms with Crippen molar-refractivity contribution in [3.63, 3.8) is 0 Å². The number of nitrogens with one attached hydrogen (secondary N) is 1. The molecule has 6 heteroatoms. The van der Waals surface area contributed by atoms with Gasteiger partial charge in [-0.25, -0.2) is 12.8 Å². The minimum Gasteiger partial charge on any atom is -0.280 e. The molecular weight excluding hydrogens is 301 g/mol. The molecule has 0 heterocycles. The maximum absolute atomic E-state index is 13.0. The molecule has 0 aliphatic rings. The van der Waals surface area contributed by atoms with Gasteiger partial charge in [0, 0.05) is 0 Å². The summed E-state index contributed by atoms with van der Waals surface area (Å²) in [4.78, 5) is 0.148. The summed E-state index contributed by atoms with van der Waals surface area (Å²) in [5, 5.41) is -0.133. The Morgan fingerprint density at radius 3 is 2.35 bits per heavy atom.